The summed E-state index contributed by atoms with van der Waals surface area (Å²) in [6.45, 7) is 3.91. The van der Waals surface area contributed by atoms with E-state index in [0.29, 0.717) is 5.54 Å². The van der Waals surface area contributed by atoms with Crippen LogP contribution < -0.4 is 4.90 Å². The zero-order valence-corrected chi connectivity index (χ0v) is 14.6. The smallest absolute Gasteiger partial charge is 0.0443 e. The van der Waals surface area contributed by atoms with Crippen LogP contribution in [0.2, 0.25) is 0 Å². The molecule has 0 amide bonds. The van der Waals surface area contributed by atoms with Gasteiger partial charge in [-0.05, 0) is 44.2 Å². The van der Waals surface area contributed by atoms with E-state index in [1.165, 1.54) is 89.5 Å². The van der Waals surface area contributed by atoms with Gasteiger partial charge in [0.1, 0.15) is 0 Å². The summed E-state index contributed by atoms with van der Waals surface area (Å²) in [7, 11) is 0. The average Bonchev–Trinajstić information content (AvgIpc) is 2.55. The third-order valence-electron chi connectivity index (χ3n) is 6.76. The van der Waals surface area contributed by atoms with Crippen molar-refractivity contribution in [2.45, 2.75) is 75.8 Å². The summed E-state index contributed by atoms with van der Waals surface area (Å²) in [5.74, 6) is 0. The maximum Gasteiger partial charge on any atom is 0.0443 e. The molecule has 2 heteroatoms. The minimum atomic E-state index is 0.486. The lowest BCUT2D eigenvalue weighted by molar-refractivity contribution is 0.0740. The van der Waals surface area contributed by atoms with E-state index in [4.69, 9.17) is 0 Å². The molecule has 2 aliphatic heterocycles. The molecular weight excluding hydrogens is 280 g/mol. The van der Waals surface area contributed by atoms with E-state index < -0.39 is 0 Å². The lowest BCUT2D eigenvalue weighted by Crippen LogP contribution is -2.65. The SMILES string of the molecule is c1ccc(N2CCC23CCN(C2CCCCCCC2)CC3)cc1. The van der Waals surface area contributed by atoms with Crippen molar-refractivity contribution >= 4 is 5.69 Å². The molecule has 2 saturated heterocycles. The fourth-order valence-electron chi connectivity index (χ4n) is 5.18. The van der Waals surface area contributed by atoms with Crippen molar-refractivity contribution in [3.05, 3.63) is 30.3 Å². The Bertz CT molecular complexity index is 482. The highest BCUT2D eigenvalue weighted by Crippen LogP contribution is 2.43. The van der Waals surface area contributed by atoms with Gasteiger partial charge in [-0.3, -0.25) is 0 Å². The molecule has 0 unspecified atom stereocenters. The first-order chi connectivity index (χ1) is 11.4. The Balaban J connectivity index is 1.37. The summed E-state index contributed by atoms with van der Waals surface area (Å²) in [6.07, 6.45) is 14.4. The Morgan fingerprint density at radius 3 is 1.96 bits per heavy atom. The molecule has 3 fully saturated rings. The zero-order valence-electron chi connectivity index (χ0n) is 14.6. The largest absolute Gasteiger partial charge is 0.366 e. The number of para-hydroxylation sites is 1. The maximum absolute atomic E-state index is 2.85. The maximum atomic E-state index is 2.85. The summed E-state index contributed by atoms with van der Waals surface area (Å²) in [5, 5.41) is 0. The Morgan fingerprint density at radius 1 is 0.739 bits per heavy atom. The van der Waals surface area contributed by atoms with Crippen molar-refractivity contribution in [1.82, 2.24) is 4.90 Å². The average molecular weight is 313 g/mol. The van der Waals surface area contributed by atoms with Crippen LogP contribution in [0, 0.1) is 0 Å². The van der Waals surface area contributed by atoms with Crippen LogP contribution in [0.15, 0.2) is 30.3 Å². The molecule has 4 rings (SSSR count). The topological polar surface area (TPSA) is 6.48 Å². The highest BCUT2D eigenvalue weighted by atomic mass is 15.3. The number of hydrogen-bond donors (Lipinski definition) is 0. The molecular formula is C21H32N2. The molecule has 2 heterocycles. The van der Waals surface area contributed by atoms with Gasteiger partial charge in [0.25, 0.3) is 0 Å². The Labute approximate surface area is 141 Å². The highest BCUT2D eigenvalue weighted by Gasteiger charge is 2.46. The lowest BCUT2D eigenvalue weighted by atomic mass is 9.75. The van der Waals surface area contributed by atoms with Crippen LogP contribution in [-0.4, -0.2) is 36.1 Å². The van der Waals surface area contributed by atoms with Crippen LogP contribution in [-0.2, 0) is 0 Å². The van der Waals surface area contributed by atoms with Gasteiger partial charge in [0.05, 0.1) is 0 Å². The summed E-state index contributed by atoms with van der Waals surface area (Å²) in [6, 6.07) is 12.0. The predicted octanol–water partition coefficient (Wildman–Crippen LogP) is 4.84. The van der Waals surface area contributed by atoms with Crippen LogP contribution in [0.25, 0.3) is 0 Å². The molecule has 0 bridgehead atoms. The van der Waals surface area contributed by atoms with Gasteiger partial charge in [0, 0.05) is 36.9 Å². The van der Waals surface area contributed by atoms with Crippen molar-refractivity contribution in [3.63, 3.8) is 0 Å². The first-order valence-corrected chi connectivity index (χ1v) is 9.94. The van der Waals surface area contributed by atoms with Gasteiger partial charge >= 0.3 is 0 Å². The summed E-state index contributed by atoms with van der Waals surface area (Å²) in [4.78, 5) is 5.54. The molecule has 1 spiro atoms. The number of rotatable bonds is 2. The second kappa shape index (κ2) is 6.84. The van der Waals surface area contributed by atoms with Gasteiger partial charge in [0.15, 0.2) is 0 Å². The van der Waals surface area contributed by atoms with Crippen molar-refractivity contribution < 1.29 is 0 Å². The molecule has 1 aromatic rings. The van der Waals surface area contributed by atoms with Gasteiger partial charge in [-0.1, -0.05) is 50.3 Å². The molecule has 2 nitrogen and oxygen atoms in total. The number of anilines is 1. The Morgan fingerprint density at radius 2 is 1.35 bits per heavy atom. The second-order valence-corrected chi connectivity index (χ2v) is 8.00. The molecule has 0 atom stereocenters. The molecule has 3 aliphatic rings. The molecule has 0 radical (unpaired) electrons. The van der Waals surface area contributed by atoms with Crippen molar-refractivity contribution in [3.8, 4) is 0 Å². The molecule has 1 saturated carbocycles. The normalized spacial score (nSPS) is 26.5. The van der Waals surface area contributed by atoms with Gasteiger partial charge in [-0.15, -0.1) is 0 Å². The summed E-state index contributed by atoms with van der Waals surface area (Å²) >= 11 is 0. The van der Waals surface area contributed by atoms with Crippen LogP contribution in [0.3, 0.4) is 0 Å². The minimum Gasteiger partial charge on any atom is -0.366 e. The molecule has 23 heavy (non-hydrogen) atoms. The van der Waals surface area contributed by atoms with Gasteiger partial charge in [-0.2, -0.15) is 0 Å². The van der Waals surface area contributed by atoms with E-state index in [1.54, 1.807) is 0 Å². The standard InChI is InChI=1S/C21H32N2/c1-2-5-9-19(10-6-3-1)22-16-13-21(14-17-22)15-18-23(21)20-11-7-4-8-12-20/h4,7-8,11-12,19H,1-3,5-6,9-10,13-18H2. The fraction of sp³-hybridized carbons (Fsp3) is 0.714. The summed E-state index contributed by atoms with van der Waals surface area (Å²) < 4.78 is 0. The molecule has 1 aromatic carbocycles. The van der Waals surface area contributed by atoms with Gasteiger partial charge in [0.2, 0.25) is 0 Å². The van der Waals surface area contributed by atoms with E-state index in [0.717, 1.165) is 6.04 Å². The molecule has 0 N–H and O–H groups in total. The van der Waals surface area contributed by atoms with E-state index in [9.17, 15) is 0 Å². The Kier molecular flexibility index (Phi) is 4.61. The third-order valence-corrected chi connectivity index (χ3v) is 6.76. The number of benzene rings is 1. The molecule has 126 valence electrons. The van der Waals surface area contributed by atoms with Crippen LogP contribution in [0.5, 0.6) is 0 Å². The van der Waals surface area contributed by atoms with Crippen LogP contribution in [0.1, 0.15) is 64.2 Å². The zero-order chi connectivity index (χ0) is 15.5. The van der Waals surface area contributed by atoms with E-state index in [2.05, 4.69) is 40.1 Å². The number of piperidine rings is 1. The fourth-order valence-corrected chi connectivity index (χ4v) is 5.18. The van der Waals surface area contributed by atoms with Crippen LogP contribution in [0.4, 0.5) is 5.69 Å². The van der Waals surface area contributed by atoms with E-state index in [-0.39, 0.29) is 0 Å². The predicted molar refractivity (Wildman–Crippen MR) is 98.1 cm³/mol. The minimum absolute atomic E-state index is 0.486. The first-order valence-electron chi connectivity index (χ1n) is 9.94. The lowest BCUT2D eigenvalue weighted by Gasteiger charge is -2.58. The molecule has 1 aliphatic carbocycles. The quantitative estimate of drug-likeness (QED) is 0.770. The van der Waals surface area contributed by atoms with Crippen LogP contribution >= 0.6 is 0 Å². The summed E-state index contributed by atoms with van der Waals surface area (Å²) in [5.41, 5.74) is 1.93. The second-order valence-electron chi connectivity index (χ2n) is 8.00. The van der Waals surface area contributed by atoms with E-state index in [1.807, 2.05) is 0 Å². The first kappa shape index (κ1) is 15.5. The number of nitrogens with zero attached hydrogens (tertiary/aromatic N) is 2. The number of hydrogen-bond acceptors (Lipinski definition) is 2. The van der Waals surface area contributed by atoms with E-state index >= 15 is 0 Å². The number of likely N-dealkylation sites (tertiary alicyclic amines) is 1. The van der Waals surface area contributed by atoms with Crippen molar-refractivity contribution in [2.24, 2.45) is 0 Å². The highest BCUT2D eigenvalue weighted by molar-refractivity contribution is 5.52. The Hall–Kier alpha value is -1.02. The van der Waals surface area contributed by atoms with Gasteiger partial charge in [-0.25, -0.2) is 0 Å². The molecule has 0 aromatic heterocycles. The van der Waals surface area contributed by atoms with Crippen molar-refractivity contribution in [2.75, 3.05) is 24.5 Å². The van der Waals surface area contributed by atoms with Gasteiger partial charge < -0.3 is 9.80 Å². The van der Waals surface area contributed by atoms with Crippen molar-refractivity contribution in [1.29, 1.82) is 0 Å². The monoisotopic (exact) mass is 312 g/mol. The third kappa shape index (κ3) is 3.15.